The molecule has 106 valence electrons. The van der Waals surface area contributed by atoms with Crippen LogP contribution in [0.5, 0.6) is 5.75 Å². The van der Waals surface area contributed by atoms with Gasteiger partial charge in [0.25, 0.3) is 0 Å². The van der Waals surface area contributed by atoms with E-state index in [-0.39, 0.29) is 12.1 Å². The predicted molar refractivity (Wildman–Crippen MR) is 82.1 cm³/mol. The summed E-state index contributed by atoms with van der Waals surface area (Å²) >= 11 is 0. The Labute approximate surface area is 121 Å². The lowest BCUT2D eigenvalue weighted by Gasteiger charge is -2.18. The first-order valence-corrected chi connectivity index (χ1v) is 6.95. The smallest absolute Gasteiger partial charge is 0.119 e. The normalized spacial score (nSPS) is 12.4. The second-order valence-electron chi connectivity index (χ2n) is 5.25. The first-order valence-electron chi connectivity index (χ1n) is 6.95. The Hall–Kier alpha value is -1.87. The molecule has 1 heterocycles. The topological polar surface area (TPSA) is 34.1 Å². The van der Waals surface area contributed by atoms with Crippen LogP contribution in [-0.4, -0.2) is 18.1 Å². The zero-order valence-electron chi connectivity index (χ0n) is 12.6. The van der Waals surface area contributed by atoms with E-state index in [0.29, 0.717) is 0 Å². The number of hydrogen-bond donors (Lipinski definition) is 1. The molecule has 3 heteroatoms. The van der Waals surface area contributed by atoms with E-state index in [0.717, 1.165) is 5.75 Å². The third kappa shape index (κ3) is 3.58. The molecule has 3 nitrogen and oxygen atoms in total. The molecule has 0 saturated heterocycles. The van der Waals surface area contributed by atoms with Crippen LogP contribution >= 0.6 is 0 Å². The molecular formula is C17H22N2O. The van der Waals surface area contributed by atoms with E-state index in [1.54, 1.807) is 0 Å². The van der Waals surface area contributed by atoms with Crippen molar-refractivity contribution in [2.24, 2.45) is 0 Å². The monoisotopic (exact) mass is 270 g/mol. The van der Waals surface area contributed by atoms with Gasteiger partial charge in [0, 0.05) is 12.4 Å². The van der Waals surface area contributed by atoms with Crippen LogP contribution in [0.2, 0.25) is 0 Å². The molecule has 0 radical (unpaired) electrons. The van der Waals surface area contributed by atoms with Gasteiger partial charge < -0.3 is 10.1 Å². The fourth-order valence-corrected chi connectivity index (χ4v) is 2.27. The van der Waals surface area contributed by atoms with Gasteiger partial charge in [0.2, 0.25) is 0 Å². The Morgan fingerprint density at radius 3 is 2.30 bits per heavy atom. The highest BCUT2D eigenvalue weighted by Crippen LogP contribution is 2.24. The average Bonchev–Trinajstić information content (AvgIpc) is 2.41. The maximum absolute atomic E-state index is 5.67. The van der Waals surface area contributed by atoms with Crippen molar-refractivity contribution in [3.63, 3.8) is 0 Å². The highest BCUT2D eigenvalue weighted by molar-refractivity contribution is 5.35. The van der Waals surface area contributed by atoms with Crippen molar-refractivity contribution in [1.29, 1.82) is 0 Å². The average molecular weight is 270 g/mol. The van der Waals surface area contributed by atoms with E-state index in [2.05, 4.69) is 35.4 Å². The molecule has 0 aliphatic heterocycles. The summed E-state index contributed by atoms with van der Waals surface area (Å²) in [6.45, 7) is 6.12. The molecule has 1 N–H and O–H groups in total. The number of nitrogens with one attached hydrogen (secondary N) is 1. The van der Waals surface area contributed by atoms with Crippen LogP contribution in [0.1, 0.15) is 36.6 Å². The molecule has 1 aromatic heterocycles. The third-order valence-electron chi connectivity index (χ3n) is 3.10. The molecule has 1 atom stereocenters. The summed E-state index contributed by atoms with van der Waals surface area (Å²) in [4.78, 5) is 4.27. The number of aromatic nitrogens is 1. The summed E-state index contributed by atoms with van der Waals surface area (Å²) in [6.07, 6.45) is 3.98. The lowest BCUT2D eigenvalue weighted by atomic mass is 9.99. The van der Waals surface area contributed by atoms with Crippen LogP contribution < -0.4 is 10.1 Å². The van der Waals surface area contributed by atoms with Gasteiger partial charge in [-0.3, -0.25) is 4.98 Å². The predicted octanol–water partition coefficient (Wildman–Crippen LogP) is 3.49. The lowest BCUT2D eigenvalue weighted by molar-refractivity contribution is 0.242. The molecule has 0 aliphatic carbocycles. The molecule has 2 rings (SSSR count). The third-order valence-corrected chi connectivity index (χ3v) is 3.10. The summed E-state index contributed by atoms with van der Waals surface area (Å²) in [5, 5.41) is 3.34. The standard InChI is InChI=1S/C17H22N2O/c1-12(2)20-16-7-5-14(6-8-16)17(18-4)15-9-13(3)10-19-11-15/h5-12,17-18H,1-4H3. The van der Waals surface area contributed by atoms with E-state index in [1.807, 2.05) is 45.4 Å². The first-order chi connectivity index (χ1) is 9.60. The van der Waals surface area contributed by atoms with Crippen molar-refractivity contribution < 1.29 is 4.74 Å². The van der Waals surface area contributed by atoms with Crippen molar-refractivity contribution in [3.05, 3.63) is 59.4 Å². The van der Waals surface area contributed by atoms with E-state index in [4.69, 9.17) is 4.74 Å². The second-order valence-corrected chi connectivity index (χ2v) is 5.25. The van der Waals surface area contributed by atoms with Gasteiger partial charge in [0.1, 0.15) is 5.75 Å². The Kier molecular flexibility index (Phi) is 4.74. The Morgan fingerprint density at radius 2 is 1.75 bits per heavy atom. The fourth-order valence-electron chi connectivity index (χ4n) is 2.27. The summed E-state index contributed by atoms with van der Waals surface area (Å²) in [5.74, 6) is 0.904. The molecule has 0 saturated carbocycles. The Morgan fingerprint density at radius 1 is 1.05 bits per heavy atom. The Bertz CT molecular complexity index is 549. The molecule has 2 aromatic rings. The molecule has 0 bridgehead atoms. The van der Waals surface area contributed by atoms with Gasteiger partial charge in [-0.15, -0.1) is 0 Å². The zero-order valence-corrected chi connectivity index (χ0v) is 12.6. The fraction of sp³-hybridized carbons (Fsp3) is 0.353. The van der Waals surface area contributed by atoms with Crippen LogP contribution in [0.15, 0.2) is 42.7 Å². The van der Waals surface area contributed by atoms with Crippen molar-refractivity contribution in [1.82, 2.24) is 10.3 Å². The van der Waals surface area contributed by atoms with Crippen molar-refractivity contribution in [2.45, 2.75) is 32.9 Å². The van der Waals surface area contributed by atoms with Crippen molar-refractivity contribution in [3.8, 4) is 5.75 Å². The molecule has 0 aliphatic rings. The van der Waals surface area contributed by atoms with Gasteiger partial charge in [0.05, 0.1) is 12.1 Å². The maximum Gasteiger partial charge on any atom is 0.119 e. The van der Waals surface area contributed by atoms with Gasteiger partial charge >= 0.3 is 0 Å². The minimum absolute atomic E-state index is 0.149. The van der Waals surface area contributed by atoms with Crippen LogP contribution in [0.4, 0.5) is 0 Å². The number of ether oxygens (including phenoxy) is 1. The number of hydrogen-bond acceptors (Lipinski definition) is 3. The summed E-state index contributed by atoms with van der Waals surface area (Å²) in [6, 6.07) is 10.5. The van der Waals surface area contributed by atoms with E-state index < -0.39 is 0 Å². The minimum atomic E-state index is 0.149. The minimum Gasteiger partial charge on any atom is -0.491 e. The van der Waals surface area contributed by atoms with Gasteiger partial charge in [-0.2, -0.15) is 0 Å². The van der Waals surface area contributed by atoms with Gasteiger partial charge in [0.15, 0.2) is 0 Å². The summed E-state index contributed by atoms with van der Waals surface area (Å²) < 4.78 is 5.67. The Balaban J connectivity index is 2.23. The summed E-state index contributed by atoms with van der Waals surface area (Å²) in [7, 11) is 1.96. The lowest BCUT2D eigenvalue weighted by Crippen LogP contribution is -2.18. The van der Waals surface area contributed by atoms with Crippen molar-refractivity contribution >= 4 is 0 Å². The second kappa shape index (κ2) is 6.53. The molecule has 20 heavy (non-hydrogen) atoms. The molecule has 0 amide bonds. The van der Waals surface area contributed by atoms with Crippen LogP contribution in [-0.2, 0) is 0 Å². The quantitative estimate of drug-likeness (QED) is 0.903. The maximum atomic E-state index is 5.67. The van der Waals surface area contributed by atoms with Crippen LogP contribution in [0.25, 0.3) is 0 Å². The van der Waals surface area contributed by atoms with Crippen LogP contribution in [0.3, 0.4) is 0 Å². The summed E-state index contributed by atoms with van der Waals surface area (Å²) in [5.41, 5.74) is 3.54. The molecule has 0 spiro atoms. The number of aryl methyl sites for hydroxylation is 1. The highest BCUT2D eigenvalue weighted by Gasteiger charge is 2.12. The molecule has 1 unspecified atom stereocenters. The van der Waals surface area contributed by atoms with E-state index in [1.165, 1.54) is 16.7 Å². The largest absolute Gasteiger partial charge is 0.491 e. The first kappa shape index (κ1) is 14.5. The number of pyridine rings is 1. The van der Waals surface area contributed by atoms with E-state index >= 15 is 0 Å². The van der Waals surface area contributed by atoms with Gasteiger partial charge in [-0.05, 0) is 56.6 Å². The van der Waals surface area contributed by atoms with Gasteiger partial charge in [-0.1, -0.05) is 18.2 Å². The molecular weight excluding hydrogens is 248 g/mol. The van der Waals surface area contributed by atoms with Crippen molar-refractivity contribution in [2.75, 3.05) is 7.05 Å². The molecule has 0 fully saturated rings. The van der Waals surface area contributed by atoms with Gasteiger partial charge in [-0.25, -0.2) is 0 Å². The molecule has 1 aromatic carbocycles. The number of nitrogens with zero attached hydrogens (tertiary/aromatic N) is 1. The number of rotatable bonds is 5. The SMILES string of the molecule is CNC(c1ccc(OC(C)C)cc1)c1cncc(C)c1. The van der Waals surface area contributed by atoms with Crippen LogP contribution in [0, 0.1) is 6.92 Å². The van der Waals surface area contributed by atoms with E-state index in [9.17, 15) is 0 Å². The number of benzene rings is 1. The zero-order chi connectivity index (χ0) is 14.5. The highest BCUT2D eigenvalue weighted by atomic mass is 16.5.